The number of esters is 1. The Morgan fingerprint density at radius 2 is 2.14 bits per heavy atom. The van der Waals surface area contributed by atoms with Crippen LogP contribution in [0.2, 0.25) is 0 Å². The number of rotatable bonds is 7. The topological polar surface area (TPSA) is 97.7 Å². The highest BCUT2D eigenvalue weighted by Gasteiger charge is 2.21. The zero-order valence-electron chi connectivity index (χ0n) is 15.3. The molecule has 1 aromatic heterocycles. The third-order valence-electron chi connectivity index (χ3n) is 4.23. The Bertz CT molecular complexity index is 865. The molecule has 2 aromatic rings. The molecule has 0 radical (unpaired) electrons. The van der Waals surface area contributed by atoms with Gasteiger partial charge in [-0.05, 0) is 55.5 Å². The van der Waals surface area contributed by atoms with Gasteiger partial charge in [0.25, 0.3) is 5.91 Å². The van der Waals surface area contributed by atoms with Gasteiger partial charge in [-0.15, -0.1) is 11.3 Å². The van der Waals surface area contributed by atoms with Crippen LogP contribution in [0.5, 0.6) is 5.75 Å². The second-order valence-corrected chi connectivity index (χ2v) is 7.20. The Morgan fingerprint density at radius 3 is 2.82 bits per heavy atom. The summed E-state index contributed by atoms with van der Waals surface area (Å²) in [5.41, 5.74) is 0.688. The van der Waals surface area contributed by atoms with Crippen LogP contribution in [0.4, 0.5) is 5.00 Å². The molecule has 1 N–H and O–H groups in total. The van der Waals surface area contributed by atoms with E-state index in [2.05, 4.69) is 5.32 Å². The molecule has 1 amide bonds. The van der Waals surface area contributed by atoms with Gasteiger partial charge in [-0.1, -0.05) is 0 Å². The molecule has 0 spiro atoms. The first-order valence-corrected chi connectivity index (χ1v) is 9.78. The van der Waals surface area contributed by atoms with Crippen LogP contribution in [0, 0.1) is 11.3 Å². The molecule has 2 atom stereocenters. The van der Waals surface area contributed by atoms with E-state index in [1.54, 1.807) is 35.7 Å². The number of carbonyl (C=O) groups excluding carboxylic acids is 2. The summed E-state index contributed by atoms with van der Waals surface area (Å²) in [5.74, 6) is -0.469. The second kappa shape index (κ2) is 9.35. The zero-order chi connectivity index (χ0) is 19.9. The molecule has 1 saturated heterocycles. The Labute approximate surface area is 166 Å². The highest BCUT2D eigenvalue weighted by molar-refractivity contribution is 7.14. The third kappa shape index (κ3) is 5.09. The average Bonchev–Trinajstić information content (AvgIpc) is 3.38. The van der Waals surface area contributed by atoms with E-state index in [1.165, 1.54) is 18.3 Å². The maximum atomic E-state index is 12.3. The van der Waals surface area contributed by atoms with Crippen LogP contribution < -0.4 is 10.1 Å². The molecule has 2 heterocycles. The van der Waals surface area contributed by atoms with Gasteiger partial charge in [0.05, 0.1) is 17.2 Å². The predicted molar refractivity (Wildman–Crippen MR) is 103 cm³/mol. The minimum atomic E-state index is -1.00. The van der Waals surface area contributed by atoms with Crippen LogP contribution in [0.25, 0.3) is 0 Å². The van der Waals surface area contributed by atoms with E-state index in [0.717, 1.165) is 19.4 Å². The molecule has 0 saturated carbocycles. The summed E-state index contributed by atoms with van der Waals surface area (Å²) in [7, 11) is 0. The van der Waals surface area contributed by atoms with E-state index in [9.17, 15) is 9.59 Å². The van der Waals surface area contributed by atoms with E-state index < -0.39 is 18.0 Å². The van der Waals surface area contributed by atoms with Crippen molar-refractivity contribution in [2.24, 2.45) is 0 Å². The first-order chi connectivity index (χ1) is 13.6. The lowest BCUT2D eigenvalue weighted by molar-refractivity contribution is -0.123. The van der Waals surface area contributed by atoms with E-state index >= 15 is 0 Å². The number of ether oxygens (including phenoxy) is 3. The molecule has 0 aliphatic carbocycles. The monoisotopic (exact) mass is 400 g/mol. The number of benzene rings is 1. The lowest BCUT2D eigenvalue weighted by Crippen LogP contribution is -2.29. The fourth-order valence-electron chi connectivity index (χ4n) is 2.64. The molecule has 28 heavy (non-hydrogen) atoms. The van der Waals surface area contributed by atoms with Crippen molar-refractivity contribution < 1.29 is 23.8 Å². The van der Waals surface area contributed by atoms with Gasteiger partial charge in [0.1, 0.15) is 23.4 Å². The molecule has 146 valence electrons. The van der Waals surface area contributed by atoms with Gasteiger partial charge in [0.15, 0.2) is 6.10 Å². The van der Waals surface area contributed by atoms with Gasteiger partial charge < -0.3 is 19.5 Å². The largest absolute Gasteiger partial charge is 0.491 e. The van der Waals surface area contributed by atoms with E-state index in [0.29, 0.717) is 28.5 Å². The van der Waals surface area contributed by atoms with Gasteiger partial charge in [0.2, 0.25) is 0 Å². The van der Waals surface area contributed by atoms with E-state index in [-0.39, 0.29) is 6.10 Å². The van der Waals surface area contributed by atoms with E-state index in [4.69, 9.17) is 19.5 Å². The summed E-state index contributed by atoms with van der Waals surface area (Å²) >= 11 is 1.23. The first-order valence-electron chi connectivity index (χ1n) is 8.90. The average molecular weight is 400 g/mol. The number of carbonyl (C=O) groups is 2. The number of anilines is 1. The van der Waals surface area contributed by atoms with Crippen LogP contribution in [-0.4, -0.2) is 37.3 Å². The molecule has 7 nitrogen and oxygen atoms in total. The highest BCUT2D eigenvalue weighted by atomic mass is 32.1. The van der Waals surface area contributed by atoms with Gasteiger partial charge in [-0.2, -0.15) is 5.26 Å². The lowest BCUT2D eigenvalue weighted by Gasteiger charge is -2.14. The number of nitriles is 1. The third-order valence-corrected chi connectivity index (χ3v) is 5.06. The van der Waals surface area contributed by atoms with Crippen LogP contribution >= 0.6 is 11.3 Å². The van der Waals surface area contributed by atoms with E-state index in [1.807, 2.05) is 6.07 Å². The zero-order valence-corrected chi connectivity index (χ0v) is 16.2. The normalized spacial score (nSPS) is 16.8. The molecule has 1 aliphatic rings. The maximum Gasteiger partial charge on any atom is 0.338 e. The lowest BCUT2D eigenvalue weighted by atomic mass is 10.2. The highest BCUT2D eigenvalue weighted by Crippen LogP contribution is 2.22. The SMILES string of the molecule is C[C@H](OC(=O)c1ccc(OC[C@@H]2CCCO2)cc1)C(=O)Nc1sccc1C#N. The van der Waals surface area contributed by atoms with Crippen molar-refractivity contribution in [2.75, 3.05) is 18.5 Å². The minimum absolute atomic E-state index is 0.119. The Kier molecular flexibility index (Phi) is 6.63. The molecule has 0 bridgehead atoms. The fourth-order valence-corrected chi connectivity index (χ4v) is 3.38. The summed E-state index contributed by atoms with van der Waals surface area (Å²) in [5, 5.41) is 13.7. The van der Waals surface area contributed by atoms with Crippen LogP contribution in [0.15, 0.2) is 35.7 Å². The molecule has 1 aliphatic heterocycles. The molecular formula is C20H20N2O5S. The summed E-state index contributed by atoms with van der Waals surface area (Å²) < 4.78 is 16.4. The van der Waals surface area contributed by atoms with Crippen LogP contribution in [-0.2, 0) is 14.3 Å². The number of hydrogen-bond donors (Lipinski definition) is 1. The van der Waals surface area contributed by atoms with Crippen molar-refractivity contribution in [2.45, 2.75) is 32.0 Å². The summed E-state index contributed by atoms with van der Waals surface area (Å²) in [6, 6.07) is 10.1. The van der Waals surface area contributed by atoms with Gasteiger partial charge in [0, 0.05) is 6.61 Å². The number of thiophene rings is 1. The van der Waals surface area contributed by atoms with Gasteiger partial charge in [-0.25, -0.2) is 4.79 Å². The number of hydrogen-bond acceptors (Lipinski definition) is 7. The Hall–Kier alpha value is -2.89. The minimum Gasteiger partial charge on any atom is -0.491 e. The number of nitrogens with one attached hydrogen (secondary N) is 1. The summed E-state index contributed by atoms with van der Waals surface area (Å²) in [6.07, 6.45) is 1.16. The number of amides is 1. The molecule has 8 heteroatoms. The fraction of sp³-hybridized carbons (Fsp3) is 0.350. The molecule has 1 fully saturated rings. The van der Waals surface area contributed by atoms with Crippen molar-refractivity contribution in [3.8, 4) is 11.8 Å². The maximum absolute atomic E-state index is 12.3. The Morgan fingerprint density at radius 1 is 1.36 bits per heavy atom. The van der Waals surface area contributed by atoms with Crippen molar-refractivity contribution in [1.29, 1.82) is 5.26 Å². The van der Waals surface area contributed by atoms with Crippen molar-refractivity contribution in [3.05, 3.63) is 46.8 Å². The van der Waals surface area contributed by atoms with Crippen molar-refractivity contribution in [3.63, 3.8) is 0 Å². The Balaban J connectivity index is 1.50. The van der Waals surface area contributed by atoms with Gasteiger partial charge >= 0.3 is 5.97 Å². The molecule has 0 unspecified atom stereocenters. The van der Waals surface area contributed by atoms with Gasteiger partial charge in [-0.3, -0.25) is 4.79 Å². The summed E-state index contributed by atoms with van der Waals surface area (Å²) in [6.45, 7) is 2.73. The second-order valence-electron chi connectivity index (χ2n) is 6.28. The quantitative estimate of drug-likeness (QED) is 0.716. The molecule has 3 rings (SSSR count). The molecule has 1 aromatic carbocycles. The standard InChI is InChI=1S/C20H20N2O5S/c1-13(18(23)22-19-15(11-21)8-10-28-19)27-20(24)14-4-6-16(7-5-14)26-12-17-3-2-9-25-17/h4-8,10,13,17H,2-3,9,12H2,1H3,(H,22,23)/t13-,17-/m0/s1. The van der Waals surface area contributed by atoms with Crippen molar-refractivity contribution >= 4 is 28.2 Å². The van der Waals surface area contributed by atoms with Crippen molar-refractivity contribution in [1.82, 2.24) is 0 Å². The predicted octanol–water partition coefficient (Wildman–Crippen LogP) is 3.36. The first kappa shape index (κ1) is 19.9. The summed E-state index contributed by atoms with van der Waals surface area (Å²) in [4.78, 5) is 24.4. The van der Waals surface area contributed by atoms with Crippen LogP contribution in [0.3, 0.4) is 0 Å². The molecular weight excluding hydrogens is 380 g/mol. The number of nitrogens with zero attached hydrogens (tertiary/aromatic N) is 1. The smallest absolute Gasteiger partial charge is 0.338 e. The van der Waals surface area contributed by atoms with Crippen LogP contribution in [0.1, 0.15) is 35.7 Å².